The normalized spacial score (nSPS) is 9.86. The van der Waals surface area contributed by atoms with E-state index in [4.69, 9.17) is 0 Å². The Morgan fingerprint density at radius 2 is 2.29 bits per heavy atom. The second-order valence-electron chi connectivity index (χ2n) is 3.08. The van der Waals surface area contributed by atoms with Gasteiger partial charge in [-0.05, 0) is 19.2 Å². The van der Waals surface area contributed by atoms with Crippen molar-refractivity contribution in [2.45, 2.75) is 6.54 Å². The van der Waals surface area contributed by atoms with Gasteiger partial charge < -0.3 is 10.2 Å². The maximum atomic E-state index is 4.10. The molecule has 0 atom stereocenters. The number of rotatable bonds is 5. The Hall–Kier alpha value is -1.42. The summed E-state index contributed by atoms with van der Waals surface area (Å²) in [6, 6.07) is 3.93. The lowest BCUT2D eigenvalue weighted by Crippen LogP contribution is -2.19. The Morgan fingerprint density at radius 3 is 2.79 bits per heavy atom. The molecule has 0 saturated carbocycles. The highest BCUT2D eigenvalue weighted by Crippen LogP contribution is 2.06. The minimum Gasteiger partial charge on any atom is -0.354 e. The molecule has 0 fully saturated rings. The molecule has 0 unspecified atom stereocenters. The molecule has 0 aliphatic heterocycles. The third kappa shape index (κ3) is 2.81. The molecule has 1 N–H and O–H groups in total. The second-order valence-corrected chi connectivity index (χ2v) is 3.08. The van der Waals surface area contributed by atoms with Crippen LogP contribution < -0.4 is 10.2 Å². The number of anilines is 1. The smallest absolute Gasteiger partial charge is 0.151 e. The molecule has 0 aromatic carbocycles. The van der Waals surface area contributed by atoms with Crippen molar-refractivity contribution in [3.8, 4) is 0 Å². The van der Waals surface area contributed by atoms with E-state index in [0.29, 0.717) is 0 Å². The summed E-state index contributed by atoms with van der Waals surface area (Å²) in [6.45, 7) is 5.20. The molecule has 1 heterocycles. The summed E-state index contributed by atoms with van der Waals surface area (Å²) >= 11 is 0. The number of hydrogen-bond donors (Lipinski definition) is 1. The Balaban J connectivity index is 2.67. The maximum absolute atomic E-state index is 4.10. The van der Waals surface area contributed by atoms with Crippen LogP contribution in [0.2, 0.25) is 0 Å². The van der Waals surface area contributed by atoms with Gasteiger partial charge in [0.05, 0.1) is 5.69 Å². The minimum absolute atomic E-state index is 0.748. The Kier molecular flexibility index (Phi) is 4.07. The van der Waals surface area contributed by atoms with Gasteiger partial charge in [0.2, 0.25) is 0 Å². The van der Waals surface area contributed by atoms with Crippen molar-refractivity contribution in [3.63, 3.8) is 0 Å². The molecular formula is C10H16N4. The van der Waals surface area contributed by atoms with Crippen LogP contribution in [0.4, 0.5) is 5.82 Å². The number of nitrogens with zero attached hydrogens (tertiary/aromatic N) is 3. The fraction of sp³-hybridized carbons (Fsp3) is 0.400. The SMILES string of the molecule is C=CCN(C)c1ccc(CNC)nn1. The standard InChI is InChI=1S/C10H16N4/c1-4-7-14(3)10-6-5-9(8-11-2)12-13-10/h4-6,11H,1,7-8H2,2-3H3. The van der Waals surface area contributed by atoms with Crippen molar-refractivity contribution >= 4 is 5.82 Å². The quantitative estimate of drug-likeness (QED) is 0.701. The minimum atomic E-state index is 0.748. The Bertz CT molecular complexity index is 281. The van der Waals surface area contributed by atoms with E-state index in [2.05, 4.69) is 22.1 Å². The Morgan fingerprint density at radius 1 is 1.50 bits per heavy atom. The van der Waals surface area contributed by atoms with Gasteiger partial charge in [-0.25, -0.2) is 0 Å². The fourth-order valence-corrected chi connectivity index (χ4v) is 1.12. The molecule has 1 aromatic heterocycles. The van der Waals surface area contributed by atoms with Gasteiger partial charge in [0.15, 0.2) is 5.82 Å². The van der Waals surface area contributed by atoms with E-state index >= 15 is 0 Å². The van der Waals surface area contributed by atoms with E-state index in [0.717, 1.165) is 24.6 Å². The molecule has 4 nitrogen and oxygen atoms in total. The van der Waals surface area contributed by atoms with Crippen LogP contribution in [0.15, 0.2) is 24.8 Å². The lowest BCUT2D eigenvalue weighted by Gasteiger charge is -2.14. The summed E-state index contributed by atoms with van der Waals surface area (Å²) in [6.07, 6.45) is 1.84. The lowest BCUT2D eigenvalue weighted by molar-refractivity contribution is 0.763. The predicted molar refractivity (Wildman–Crippen MR) is 58.3 cm³/mol. The molecule has 0 amide bonds. The molecule has 76 valence electrons. The summed E-state index contributed by atoms with van der Waals surface area (Å²) in [5.41, 5.74) is 0.947. The van der Waals surface area contributed by atoms with Gasteiger partial charge in [0.25, 0.3) is 0 Å². The monoisotopic (exact) mass is 192 g/mol. The summed E-state index contributed by atoms with van der Waals surface area (Å²) < 4.78 is 0. The highest BCUT2D eigenvalue weighted by atomic mass is 15.2. The highest BCUT2D eigenvalue weighted by Gasteiger charge is 2.00. The third-order valence-corrected chi connectivity index (χ3v) is 1.86. The van der Waals surface area contributed by atoms with Crippen LogP contribution in [0, 0.1) is 0 Å². The van der Waals surface area contributed by atoms with Crippen LogP contribution in [-0.4, -0.2) is 30.8 Å². The van der Waals surface area contributed by atoms with Crippen molar-refractivity contribution in [1.29, 1.82) is 0 Å². The number of aromatic nitrogens is 2. The van der Waals surface area contributed by atoms with E-state index < -0.39 is 0 Å². The van der Waals surface area contributed by atoms with Gasteiger partial charge in [-0.1, -0.05) is 6.08 Å². The van der Waals surface area contributed by atoms with Crippen molar-refractivity contribution in [2.24, 2.45) is 0 Å². The van der Waals surface area contributed by atoms with E-state index in [1.165, 1.54) is 0 Å². The highest BCUT2D eigenvalue weighted by molar-refractivity contribution is 5.36. The zero-order valence-corrected chi connectivity index (χ0v) is 8.70. The molecule has 0 spiro atoms. The molecule has 0 radical (unpaired) electrons. The summed E-state index contributed by atoms with van der Waals surface area (Å²) in [5.74, 6) is 0.866. The molecule has 4 heteroatoms. The van der Waals surface area contributed by atoms with Gasteiger partial charge in [0, 0.05) is 20.1 Å². The van der Waals surface area contributed by atoms with Gasteiger partial charge >= 0.3 is 0 Å². The zero-order chi connectivity index (χ0) is 10.4. The van der Waals surface area contributed by atoms with Crippen molar-refractivity contribution in [3.05, 3.63) is 30.5 Å². The van der Waals surface area contributed by atoms with E-state index in [1.54, 1.807) is 0 Å². The fourth-order valence-electron chi connectivity index (χ4n) is 1.12. The van der Waals surface area contributed by atoms with Gasteiger partial charge in [-0.15, -0.1) is 11.7 Å². The molecule has 0 aliphatic rings. The molecule has 0 bridgehead atoms. The Labute approximate surface area is 84.6 Å². The first-order chi connectivity index (χ1) is 6.77. The third-order valence-electron chi connectivity index (χ3n) is 1.86. The molecule has 1 aromatic rings. The molecule has 0 saturated heterocycles. The number of hydrogen-bond acceptors (Lipinski definition) is 4. The van der Waals surface area contributed by atoms with Crippen LogP contribution >= 0.6 is 0 Å². The van der Waals surface area contributed by atoms with Crippen LogP contribution in [0.25, 0.3) is 0 Å². The number of likely N-dealkylation sites (N-methyl/N-ethyl adjacent to an activating group) is 1. The summed E-state index contributed by atoms with van der Waals surface area (Å²) in [4.78, 5) is 1.99. The molecule has 14 heavy (non-hydrogen) atoms. The van der Waals surface area contributed by atoms with Gasteiger partial charge in [-0.3, -0.25) is 0 Å². The largest absolute Gasteiger partial charge is 0.354 e. The molecular weight excluding hydrogens is 176 g/mol. The van der Waals surface area contributed by atoms with Crippen LogP contribution in [-0.2, 0) is 6.54 Å². The van der Waals surface area contributed by atoms with Crippen LogP contribution in [0.1, 0.15) is 5.69 Å². The maximum Gasteiger partial charge on any atom is 0.151 e. The summed E-state index contributed by atoms with van der Waals surface area (Å²) in [5, 5.41) is 11.2. The molecule has 1 rings (SSSR count). The van der Waals surface area contributed by atoms with E-state index in [-0.39, 0.29) is 0 Å². The average Bonchev–Trinajstić information content (AvgIpc) is 2.20. The van der Waals surface area contributed by atoms with Crippen molar-refractivity contribution < 1.29 is 0 Å². The first-order valence-corrected chi connectivity index (χ1v) is 4.57. The van der Waals surface area contributed by atoms with Gasteiger partial charge in [-0.2, -0.15) is 5.10 Å². The first-order valence-electron chi connectivity index (χ1n) is 4.57. The van der Waals surface area contributed by atoms with Crippen molar-refractivity contribution in [2.75, 3.05) is 25.5 Å². The first kappa shape index (κ1) is 10.7. The lowest BCUT2D eigenvalue weighted by atomic mass is 10.3. The number of nitrogens with one attached hydrogen (secondary N) is 1. The van der Waals surface area contributed by atoms with E-state index in [9.17, 15) is 0 Å². The second kappa shape index (κ2) is 5.34. The average molecular weight is 192 g/mol. The molecule has 0 aliphatic carbocycles. The van der Waals surface area contributed by atoms with Crippen LogP contribution in [0.3, 0.4) is 0 Å². The topological polar surface area (TPSA) is 41.0 Å². The van der Waals surface area contributed by atoms with E-state index in [1.807, 2.05) is 37.2 Å². The van der Waals surface area contributed by atoms with Crippen LogP contribution in [0.5, 0.6) is 0 Å². The predicted octanol–water partition coefficient (Wildman–Crippen LogP) is 0.818. The van der Waals surface area contributed by atoms with Gasteiger partial charge in [0.1, 0.15) is 0 Å². The summed E-state index contributed by atoms with van der Waals surface area (Å²) in [7, 11) is 3.85. The zero-order valence-electron chi connectivity index (χ0n) is 8.70. The van der Waals surface area contributed by atoms with Crippen molar-refractivity contribution in [1.82, 2.24) is 15.5 Å².